The summed E-state index contributed by atoms with van der Waals surface area (Å²) in [4.78, 5) is 32.2. The van der Waals surface area contributed by atoms with Crippen molar-refractivity contribution in [3.63, 3.8) is 0 Å². The van der Waals surface area contributed by atoms with Crippen LogP contribution in [-0.4, -0.2) is 63.0 Å². The molecule has 126 valence electrons. The number of amides is 2. The van der Waals surface area contributed by atoms with Gasteiger partial charge in [0.15, 0.2) is 0 Å². The van der Waals surface area contributed by atoms with Crippen molar-refractivity contribution < 1.29 is 19.8 Å². The zero-order valence-corrected chi connectivity index (χ0v) is 13.7. The topological polar surface area (TPSA) is 94.0 Å². The van der Waals surface area contributed by atoms with E-state index in [0.717, 1.165) is 0 Å². The number of hydrogen-bond donors (Lipinski definition) is 2. The summed E-state index contributed by atoms with van der Waals surface area (Å²) in [7, 11) is 0. The van der Waals surface area contributed by atoms with Gasteiger partial charge in [-0.3, -0.25) is 9.59 Å². The third kappa shape index (κ3) is 3.18. The van der Waals surface area contributed by atoms with Gasteiger partial charge in [0.25, 0.3) is 11.8 Å². The lowest BCUT2D eigenvalue weighted by Gasteiger charge is -2.22. The van der Waals surface area contributed by atoms with Crippen LogP contribution < -0.4 is 0 Å². The van der Waals surface area contributed by atoms with Crippen molar-refractivity contribution in [1.82, 2.24) is 14.8 Å². The molecule has 0 aliphatic carbocycles. The second kappa shape index (κ2) is 6.88. The van der Waals surface area contributed by atoms with E-state index in [1.807, 2.05) is 0 Å². The Morgan fingerprint density at radius 1 is 1.00 bits per heavy atom. The van der Waals surface area contributed by atoms with E-state index in [0.29, 0.717) is 38.3 Å². The lowest BCUT2D eigenvalue weighted by Crippen LogP contribution is -2.37. The Bertz CT molecular complexity index is 728. The lowest BCUT2D eigenvalue weighted by atomic mass is 10.1. The van der Waals surface area contributed by atoms with E-state index < -0.39 is 5.91 Å². The van der Waals surface area contributed by atoms with Gasteiger partial charge in [-0.2, -0.15) is 0 Å². The fourth-order valence-corrected chi connectivity index (χ4v) is 3.24. The van der Waals surface area contributed by atoms with Crippen molar-refractivity contribution in [1.29, 1.82) is 0 Å². The quantitative estimate of drug-likeness (QED) is 0.859. The normalized spacial score (nSPS) is 15.2. The Labute approximate surface area is 142 Å². The Balaban J connectivity index is 1.71. The van der Waals surface area contributed by atoms with E-state index in [4.69, 9.17) is 0 Å². The average Bonchev–Trinajstić information content (AvgIpc) is 2.98. The number of rotatable bonds is 2. The number of thiazole rings is 1. The largest absolute Gasteiger partial charge is 0.507 e. The first-order valence-corrected chi connectivity index (χ1v) is 8.50. The van der Waals surface area contributed by atoms with E-state index in [9.17, 15) is 19.8 Å². The molecule has 2 heterocycles. The molecule has 24 heavy (non-hydrogen) atoms. The predicted octanol–water partition coefficient (Wildman–Crippen LogP) is 1.54. The molecule has 1 aliphatic rings. The summed E-state index contributed by atoms with van der Waals surface area (Å²) in [6.45, 7) is 1.71. The molecule has 0 saturated carbocycles. The number of hydrogen-bond acceptors (Lipinski definition) is 6. The molecule has 1 aromatic heterocycles. The Morgan fingerprint density at radius 3 is 2.21 bits per heavy atom. The second-order valence-electron chi connectivity index (χ2n) is 5.48. The Kier molecular flexibility index (Phi) is 4.66. The van der Waals surface area contributed by atoms with Crippen molar-refractivity contribution >= 4 is 23.2 Å². The summed E-state index contributed by atoms with van der Waals surface area (Å²) in [5.74, 6) is -1.08. The van der Waals surface area contributed by atoms with Gasteiger partial charge in [-0.1, -0.05) is 6.07 Å². The monoisotopic (exact) mass is 347 g/mol. The molecule has 0 atom stereocenters. The minimum Gasteiger partial charge on any atom is -0.507 e. The summed E-state index contributed by atoms with van der Waals surface area (Å²) in [6, 6.07) is 4.20. The summed E-state index contributed by atoms with van der Waals surface area (Å²) in [5, 5.41) is 21.4. The van der Waals surface area contributed by atoms with E-state index in [2.05, 4.69) is 4.98 Å². The van der Waals surface area contributed by atoms with Crippen molar-refractivity contribution in [2.24, 2.45) is 0 Å². The van der Waals surface area contributed by atoms with E-state index in [1.165, 1.54) is 29.5 Å². The van der Waals surface area contributed by atoms with Crippen LogP contribution in [0.5, 0.6) is 11.5 Å². The summed E-state index contributed by atoms with van der Waals surface area (Å²) in [5.41, 5.74) is 1.93. The fourth-order valence-electron chi connectivity index (χ4n) is 2.71. The van der Waals surface area contributed by atoms with E-state index >= 15 is 0 Å². The summed E-state index contributed by atoms with van der Waals surface area (Å²) < 4.78 is 0. The van der Waals surface area contributed by atoms with Gasteiger partial charge < -0.3 is 20.0 Å². The highest BCUT2D eigenvalue weighted by Gasteiger charge is 2.27. The Morgan fingerprint density at radius 2 is 1.62 bits per heavy atom. The first-order valence-electron chi connectivity index (χ1n) is 7.55. The molecule has 2 aromatic rings. The maximum Gasteiger partial charge on any atom is 0.273 e. The zero-order valence-electron chi connectivity index (χ0n) is 12.9. The summed E-state index contributed by atoms with van der Waals surface area (Å²) >= 11 is 1.36. The van der Waals surface area contributed by atoms with Crippen LogP contribution in [0.25, 0.3) is 0 Å². The molecule has 1 fully saturated rings. The molecule has 1 aromatic carbocycles. The van der Waals surface area contributed by atoms with Gasteiger partial charge >= 0.3 is 0 Å². The van der Waals surface area contributed by atoms with Crippen molar-refractivity contribution in [2.45, 2.75) is 6.42 Å². The minimum atomic E-state index is -0.437. The van der Waals surface area contributed by atoms with Crippen LogP contribution in [0.1, 0.15) is 27.3 Å². The van der Waals surface area contributed by atoms with Crippen LogP contribution in [0, 0.1) is 0 Å². The lowest BCUT2D eigenvalue weighted by molar-refractivity contribution is 0.0712. The molecule has 0 bridgehead atoms. The number of phenolic OH excluding ortho intramolecular Hbond substituents is 2. The molecule has 0 unspecified atom stereocenters. The first kappa shape index (κ1) is 16.3. The highest BCUT2D eigenvalue weighted by molar-refractivity contribution is 7.07. The number of nitrogens with zero attached hydrogens (tertiary/aromatic N) is 3. The Hall–Kier alpha value is -2.61. The number of carbonyl (C=O) groups excluding carboxylic acids is 2. The number of benzene rings is 1. The number of phenols is 2. The molecule has 1 saturated heterocycles. The molecule has 7 nitrogen and oxygen atoms in total. The first-order chi connectivity index (χ1) is 11.6. The second-order valence-corrected chi connectivity index (χ2v) is 6.20. The highest BCUT2D eigenvalue weighted by atomic mass is 32.1. The molecule has 2 amide bonds. The van der Waals surface area contributed by atoms with Crippen LogP contribution in [0.2, 0.25) is 0 Å². The SMILES string of the molecule is O=C(c1cscn1)N1CCCN(C(=O)c2c(O)cccc2O)CC1. The number of carbonyl (C=O) groups is 2. The van der Waals surface area contributed by atoms with Gasteiger partial charge in [0.2, 0.25) is 0 Å². The van der Waals surface area contributed by atoms with Gasteiger partial charge in [-0.15, -0.1) is 11.3 Å². The van der Waals surface area contributed by atoms with Gasteiger partial charge in [-0.05, 0) is 18.6 Å². The number of aromatic hydroxyl groups is 2. The third-order valence-corrected chi connectivity index (χ3v) is 4.54. The van der Waals surface area contributed by atoms with E-state index in [-0.39, 0.29) is 23.0 Å². The molecule has 0 radical (unpaired) electrons. The van der Waals surface area contributed by atoms with E-state index in [1.54, 1.807) is 20.7 Å². The molecule has 3 rings (SSSR count). The standard InChI is InChI=1S/C16H17N3O4S/c20-12-3-1-4-13(21)14(12)16(23)19-6-2-5-18(7-8-19)15(22)11-9-24-10-17-11/h1,3-4,9-10,20-21H,2,5-8H2. The van der Waals surface area contributed by atoms with Crippen molar-refractivity contribution in [2.75, 3.05) is 26.2 Å². The van der Waals surface area contributed by atoms with Crippen LogP contribution in [0.3, 0.4) is 0 Å². The van der Waals surface area contributed by atoms with Gasteiger partial charge in [0.1, 0.15) is 22.8 Å². The van der Waals surface area contributed by atoms with Crippen LogP contribution in [0.15, 0.2) is 29.1 Å². The van der Waals surface area contributed by atoms with Crippen LogP contribution >= 0.6 is 11.3 Å². The molecule has 2 N–H and O–H groups in total. The van der Waals surface area contributed by atoms with Crippen LogP contribution in [-0.2, 0) is 0 Å². The van der Waals surface area contributed by atoms with Gasteiger partial charge in [-0.25, -0.2) is 4.98 Å². The average molecular weight is 347 g/mol. The third-order valence-electron chi connectivity index (χ3n) is 3.96. The molecular formula is C16H17N3O4S. The fraction of sp³-hybridized carbons (Fsp3) is 0.312. The summed E-state index contributed by atoms with van der Waals surface area (Å²) in [6.07, 6.45) is 0.621. The van der Waals surface area contributed by atoms with Crippen molar-refractivity contribution in [3.05, 3.63) is 40.3 Å². The highest BCUT2D eigenvalue weighted by Crippen LogP contribution is 2.28. The smallest absolute Gasteiger partial charge is 0.273 e. The molecule has 1 aliphatic heterocycles. The maximum absolute atomic E-state index is 12.6. The molecular weight excluding hydrogens is 330 g/mol. The zero-order chi connectivity index (χ0) is 17.1. The van der Waals surface area contributed by atoms with Gasteiger partial charge in [0, 0.05) is 31.6 Å². The maximum atomic E-state index is 12.6. The van der Waals surface area contributed by atoms with Crippen molar-refractivity contribution in [3.8, 4) is 11.5 Å². The molecule has 0 spiro atoms. The van der Waals surface area contributed by atoms with Gasteiger partial charge in [0.05, 0.1) is 5.51 Å². The molecule has 8 heteroatoms. The predicted molar refractivity (Wildman–Crippen MR) is 88.3 cm³/mol. The number of aromatic nitrogens is 1. The van der Waals surface area contributed by atoms with Crippen LogP contribution in [0.4, 0.5) is 0 Å². The minimum absolute atomic E-state index is 0.100.